The zero-order valence-electron chi connectivity index (χ0n) is 19.5. The first kappa shape index (κ1) is 23.1. The summed E-state index contributed by atoms with van der Waals surface area (Å²) in [6.07, 6.45) is 7.81. The van der Waals surface area contributed by atoms with Crippen molar-refractivity contribution >= 4 is 21.6 Å². The molecule has 5 heterocycles. The van der Waals surface area contributed by atoms with Gasteiger partial charge in [-0.3, -0.25) is 14.5 Å². The normalized spacial score (nSPS) is 15.5. The molecule has 1 saturated heterocycles. The van der Waals surface area contributed by atoms with E-state index in [-0.39, 0.29) is 29.0 Å². The fraction of sp³-hybridized carbons (Fsp3) is 0.348. The first-order valence-electron chi connectivity index (χ1n) is 11.3. The molecule has 35 heavy (non-hydrogen) atoms. The van der Waals surface area contributed by atoms with E-state index in [0.717, 1.165) is 11.2 Å². The van der Waals surface area contributed by atoms with E-state index in [0.29, 0.717) is 31.6 Å². The van der Waals surface area contributed by atoms with E-state index in [9.17, 15) is 13.2 Å². The van der Waals surface area contributed by atoms with Crippen LogP contribution in [0.15, 0.2) is 54.1 Å². The lowest BCUT2D eigenvalue weighted by Crippen LogP contribution is -2.38. The molecule has 1 amide bonds. The Balaban J connectivity index is 1.30. The first-order valence-corrected chi connectivity index (χ1v) is 12.8. The van der Waals surface area contributed by atoms with Crippen LogP contribution in [0.4, 0.5) is 0 Å². The first-order chi connectivity index (χ1) is 16.8. The van der Waals surface area contributed by atoms with E-state index in [1.54, 1.807) is 29.8 Å². The van der Waals surface area contributed by atoms with Gasteiger partial charge in [-0.2, -0.15) is 14.5 Å². The Morgan fingerprint density at radius 1 is 1.17 bits per heavy atom. The SMILES string of the molecule is Cc1cc2ncnn2cc1C1CCN(S(=O)(=O)c2cnn(C)c2CNC(=O)c2ccccn2)CC1. The number of fused-ring (bicyclic) bond motifs is 1. The fourth-order valence-corrected chi connectivity index (χ4v) is 6.21. The van der Waals surface area contributed by atoms with Gasteiger partial charge in [-0.25, -0.2) is 17.9 Å². The van der Waals surface area contributed by atoms with Crippen molar-refractivity contribution in [3.05, 3.63) is 71.7 Å². The summed E-state index contributed by atoms with van der Waals surface area (Å²) >= 11 is 0. The van der Waals surface area contributed by atoms with Gasteiger partial charge in [-0.15, -0.1) is 0 Å². The summed E-state index contributed by atoms with van der Waals surface area (Å²) in [6.45, 7) is 2.87. The molecule has 1 N–H and O–H groups in total. The maximum absolute atomic E-state index is 13.5. The topological polar surface area (TPSA) is 127 Å². The zero-order valence-corrected chi connectivity index (χ0v) is 20.3. The second-order valence-corrected chi connectivity index (χ2v) is 10.5. The minimum Gasteiger partial charge on any atom is -0.345 e. The smallest absolute Gasteiger partial charge is 0.270 e. The molecular formula is C23H26N8O3S. The molecular weight excluding hydrogens is 468 g/mol. The number of hydrogen-bond donors (Lipinski definition) is 1. The lowest BCUT2D eigenvalue weighted by atomic mass is 9.89. The van der Waals surface area contributed by atoms with Crippen molar-refractivity contribution in [1.82, 2.24) is 39.0 Å². The number of carbonyl (C=O) groups excluding carboxylic acids is 1. The van der Waals surface area contributed by atoms with Gasteiger partial charge in [0, 0.05) is 32.5 Å². The maximum Gasteiger partial charge on any atom is 0.270 e. The Kier molecular flexibility index (Phi) is 6.07. The van der Waals surface area contributed by atoms with Crippen LogP contribution in [-0.4, -0.2) is 61.1 Å². The molecule has 182 valence electrons. The average Bonchev–Trinajstić information content (AvgIpc) is 3.48. The highest BCUT2D eigenvalue weighted by Gasteiger charge is 2.33. The van der Waals surface area contributed by atoms with Crippen LogP contribution >= 0.6 is 0 Å². The molecule has 0 saturated carbocycles. The standard InChI is InChI=1S/C23H26N8O3S/c1-16-11-22-26-15-28-31(22)14-18(16)17-6-9-30(10-7-17)35(33,34)21-13-27-29(2)20(21)12-25-23(32)19-5-3-4-8-24-19/h3-5,8,11,13-15,17H,6-7,9-10,12H2,1-2H3,(H,25,32). The number of carbonyl (C=O) groups is 1. The van der Waals surface area contributed by atoms with Crippen LogP contribution in [0.1, 0.15) is 46.1 Å². The second-order valence-electron chi connectivity index (χ2n) is 8.63. The van der Waals surface area contributed by atoms with E-state index in [1.807, 2.05) is 19.2 Å². The minimum absolute atomic E-state index is 0.0219. The molecule has 4 aromatic heterocycles. The molecule has 0 aromatic carbocycles. The lowest BCUT2D eigenvalue weighted by molar-refractivity contribution is 0.0944. The third-order valence-corrected chi connectivity index (χ3v) is 8.45. The summed E-state index contributed by atoms with van der Waals surface area (Å²) in [5.74, 6) is -0.142. The summed E-state index contributed by atoms with van der Waals surface area (Å²) in [4.78, 5) is 20.8. The van der Waals surface area contributed by atoms with Crippen LogP contribution in [0.25, 0.3) is 5.65 Å². The van der Waals surface area contributed by atoms with Crippen LogP contribution in [0, 0.1) is 6.92 Å². The molecule has 0 unspecified atom stereocenters. The summed E-state index contributed by atoms with van der Waals surface area (Å²) in [7, 11) is -2.11. The van der Waals surface area contributed by atoms with E-state index >= 15 is 0 Å². The number of nitrogens with one attached hydrogen (secondary N) is 1. The van der Waals surface area contributed by atoms with Crippen molar-refractivity contribution in [1.29, 1.82) is 0 Å². The van der Waals surface area contributed by atoms with Crippen LogP contribution in [0.2, 0.25) is 0 Å². The molecule has 0 aliphatic carbocycles. The Morgan fingerprint density at radius 2 is 1.97 bits per heavy atom. The maximum atomic E-state index is 13.5. The third kappa shape index (κ3) is 4.42. The Bertz CT molecular complexity index is 1470. The summed E-state index contributed by atoms with van der Waals surface area (Å²) in [5, 5.41) is 11.1. The van der Waals surface area contributed by atoms with E-state index in [4.69, 9.17) is 0 Å². The van der Waals surface area contributed by atoms with Crippen LogP contribution < -0.4 is 5.32 Å². The van der Waals surface area contributed by atoms with Gasteiger partial charge in [-0.1, -0.05) is 6.07 Å². The van der Waals surface area contributed by atoms with Crippen LogP contribution in [0.5, 0.6) is 0 Å². The van der Waals surface area contributed by atoms with Crippen molar-refractivity contribution in [2.45, 2.75) is 37.1 Å². The molecule has 11 nitrogen and oxygen atoms in total. The van der Waals surface area contributed by atoms with E-state index in [1.165, 1.54) is 33.3 Å². The number of pyridine rings is 2. The van der Waals surface area contributed by atoms with Gasteiger partial charge in [0.2, 0.25) is 10.0 Å². The van der Waals surface area contributed by atoms with Gasteiger partial charge in [0.05, 0.1) is 18.4 Å². The van der Waals surface area contributed by atoms with Crippen molar-refractivity contribution < 1.29 is 13.2 Å². The molecule has 0 atom stereocenters. The number of aromatic nitrogens is 6. The highest BCUT2D eigenvalue weighted by Crippen LogP contribution is 2.33. The van der Waals surface area contributed by atoms with Crippen LogP contribution in [0.3, 0.4) is 0 Å². The van der Waals surface area contributed by atoms with Crippen molar-refractivity contribution in [3.8, 4) is 0 Å². The Labute approximate surface area is 202 Å². The molecule has 1 aliphatic heterocycles. The molecule has 0 spiro atoms. The number of sulfonamides is 1. The van der Waals surface area contributed by atoms with Gasteiger partial charge < -0.3 is 5.32 Å². The van der Waals surface area contributed by atoms with Gasteiger partial charge in [0.25, 0.3) is 5.91 Å². The number of hydrogen-bond acceptors (Lipinski definition) is 7. The number of aryl methyl sites for hydroxylation is 2. The molecule has 0 bridgehead atoms. The highest BCUT2D eigenvalue weighted by atomic mass is 32.2. The molecule has 1 aliphatic rings. The summed E-state index contributed by atoms with van der Waals surface area (Å²) < 4.78 is 31.8. The third-order valence-electron chi connectivity index (χ3n) is 6.51. The predicted molar refractivity (Wildman–Crippen MR) is 127 cm³/mol. The number of nitrogens with zero attached hydrogens (tertiary/aromatic N) is 7. The predicted octanol–water partition coefficient (Wildman–Crippen LogP) is 1.66. The molecule has 5 rings (SSSR count). The highest BCUT2D eigenvalue weighted by molar-refractivity contribution is 7.89. The second kappa shape index (κ2) is 9.19. The molecule has 1 fully saturated rings. The summed E-state index contributed by atoms with van der Waals surface area (Å²) in [5.41, 5.74) is 3.78. The molecule has 4 aromatic rings. The Morgan fingerprint density at radius 3 is 2.71 bits per heavy atom. The van der Waals surface area contributed by atoms with Crippen molar-refractivity contribution in [2.24, 2.45) is 7.05 Å². The Hall–Kier alpha value is -3.64. The average molecular weight is 495 g/mol. The zero-order chi connectivity index (χ0) is 24.6. The number of amides is 1. The minimum atomic E-state index is -3.77. The lowest BCUT2D eigenvalue weighted by Gasteiger charge is -2.32. The van der Waals surface area contributed by atoms with Gasteiger partial charge in [0.1, 0.15) is 16.9 Å². The van der Waals surface area contributed by atoms with Gasteiger partial charge >= 0.3 is 0 Å². The van der Waals surface area contributed by atoms with Gasteiger partial charge in [-0.05, 0) is 55.0 Å². The van der Waals surface area contributed by atoms with E-state index in [2.05, 4.69) is 25.5 Å². The number of piperidine rings is 1. The van der Waals surface area contributed by atoms with Crippen molar-refractivity contribution in [2.75, 3.05) is 13.1 Å². The van der Waals surface area contributed by atoms with Crippen molar-refractivity contribution in [3.63, 3.8) is 0 Å². The summed E-state index contributed by atoms with van der Waals surface area (Å²) in [6, 6.07) is 7.05. The van der Waals surface area contributed by atoms with Crippen LogP contribution in [-0.2, 0) is 23.6 Å². The fourth-order valence-electron chi connectivity index (χ4n) is 4.56. The molecule has 12 heteroatoms. The largest absolute Gasteiger partial charge is 0.345 e. The number of rotatable bonds is 6. The quantitative estimate of drug-likeness (QED) is 0.432. The van der Waals surface area contributed by atoms with Gasteiger partial charge in [0.15, 0.2) is 5.65 Å². The monoisotopic (exact) mass is 494 g/mol. The van der Waals surface area contributed by atoms with E-state index < -0.39 is 10.0 Å². The molecule has 0 radical (unpaired) electrons.